The molecule has 2 aliphatic rings. The number of cyclic esters (lactones) is 1. The Hall–Kier alpha value is -1.53. The number of ketones is 2. The molecule has 0 aromatic rings. The van der Waals surface area contributed by atoms with Gasteiger partial charge in [-0.05, 0) is 19.4 Å². The van der Waals surface area contributed by atoms with Crippen LogP contribution >= 0.6 is 0 Å². The van der Waals surface area contributed by atoms with Crippen molar-refractivity contribution in [3.05, 3.63) is 11.1 Å². The van der Waals surface area contributed by atoms with Crippen LogP contribution < -0.4 is 0 Å². The Morgan fingerprint density at radius 1 is 1.45 bits per heavy atom. The highest BCUT2D eigenvalue weighted by Crippen LogP contribution is 2.40. The van der Waals surface area contributed by atoms with Gasteiger partial charge in [0, 0.05) is 31.4 Å². The van der Waals surface area contributed by atoms with Gasteiger partial charge < -0.3 is 14.6 Å². The van der Waals surface area contributed by atoms with E-state index in [1.54, 1.807) is 13.8 Å². The number of ether oxygens (including phenoxy) is 2. The summed E-state index contributed by atoms with van der Waals surface area (Å²) in [5.74, 6) is -1.91. The van der Waals surface area contributed by atoms with E-state index >= 15 is 0 Å². The van der Waals surface area contributed by atoms with Crippen LogP contribution in [0.3, 0.4) is 0 Å². The third-order valence-electron chi connectivity index (χ3n) is 4.63. The van der Waals surface area contributed by atoms with Crippen molar-refractivity contribution in [3.63, 3.8) is 0 Å². The van der Waals surface area contributed by atoms with Crippen molar-refractivity contribution in [2.45, 2.75) is 51.9 Å². The molecular formula is C16H22O6. The monoisotopic (exact) mass is 310 g/mol. The summed E-state index contributed by atoms with van der Waals surface area (Å²) >= 11 is 0. The van der Waals surface area contributed by atoms with Crippen LogP contribution in [-0.4, -0.2) is 48.1 Å². The van der Waals surface area contributed by atoms with Gasteiger partial charge in [0.15, 0.2) is 5.78 Å². The van der Waals surface area contributed by atoms with Gasteiger partial charge in [-0.25, -0.2) is 0 Å². The molecule has 0 saturated carbocycles. The lowest BCUT2D eigenvalue weighted by Crippen LogP contribution is -2.35. The van der Waals surface area contributed by atoms with Crippen molar-refractivity contribution in [2.24, 2.45) is 11.8 Å². The summed E-state index contributed by atoms with van der Waals surface area (Å²) in [6, 6.07) is 0. The first-order valence-corrected chi connectivity index (χ1v) is 7.42. The molecule has 5 atom stereocenters. The van der Waals surface area contributed by atoms with Crippen LogP contribution in [0.5, 0.6) is 0 Å². The Bertz CT molecular complexity index is 535. The second-order valence-electron chi connectivity index (χ2n) is 6.15. The zero-order valence-corrected chi connectivity index (χ0v) is 13.3. The van der Waals surface area contributed by atoms with Crippen molar-refractivity contribution in [1.82, 2.24) is 0 Å². The predicted octanol–water partition coefficient (Wildman–Crippen LogP) is 0.808. The molecule has 6 nitrogen and oxygen atoms in total. The number of Topliss-reactive ketones (excluding diaryl/α,β-unsaturated/α-hetero) is 2. The topological polar surface area (TPSA) is 89.9 Å². The largest absolute Gasteiger partial charge is 0.457 e. The van der Waals surface area contributed by atoms with E-state index in [9.17, 15) is 19.5 Å². The lowest BCUT2D eigenvalue weighted by molar-refractivity contribution is -0.143. The molecule has 0 bridgehead atoms. The summed E-state index contributed by atoms with van der Waals surface area (Å²) < 4.78 is 10.6. The molecule has 1 saturated heterocycles. The smallest absolute Gasteiger partial charge is 0.309 e. The maximum absolute atomic E-state index is 12.3. The minimum absolute atomic E-state index is 0.0592. The Kier molecular flexibility index (Phi) is 4.82. The quantitative estimate of drug-likeness (QED) is 0.756. The van der Waals surface area contributed by atoms with Crippen molar-refractivity contribution >= 4 is 17.5 Å². The molecule has 0 aromatic heterocycles. The minimum Gasteiger partial charge on any atom is -0.457 e. The van der Waals surface area contributed by atoms with E-state index in [1.807, 2.05) is 0 Å². The number of esters is 1. The second-order valence-corrected chi connectivity index (χ2v) is 6.15. The van der Waals surface area contributed by atoms with Crippen molar-refractivity contribution in [2.75, 3.05) is 7.11 Å². The Morgan fingerprint density at radius 3 is 2.59 bits per heavy atom. The van der Waals surface area contributed by atoms with Crippen molar-refractivity contribution < 1.29 is 29.0 Å². The van der Waals surface area contributed by atoms with Crippen LogP contribution in [-0.2, 0) is 23.9 Å². The highest BCUT2D eigenvalue weighted by atomic mass is 16.6. The maximum atomic E-state index is 12.3. The molecular weight excluding hydrogens is 288 g/mol. The molecule has 122 valence electrons. The number of rotatable bonds is 5. The summed E-state index contributed by atoms with van der Waals surface area (Å²) in [4.78, 5) is 35.5. The standard InChI is InChI=1S/C16H22O6/c1-7(17)5-10(18)14-9(3)16(20)22-15(14)13-8(2)12(21-4)6-11(13)19/h9-10,12,14-15,18H,5-6H2,1-4H3. The fourth-order valence-corrected chi connectivity index (χ4v) is 3.42. The van der Waals surface area contributed by atoms with Crippen molar-refractivity contribution in [1.29, 1.82) is 0 Å². The molecule has 22 heavy (non-hydrogen) atoms. The normalized spacial score (nSPS) is 33.3. The Balaban J connectivity index is 2.35. The first-order valence-electron chi connectivity index (χ1n) is 7.42. The van der Waals surface area contributed by atoms with Crippen LogP contribution in [0, 0.1) is 11.8 Å². The zero-order chi connectivity index (χ0) is 16.6. The SMILES string of the molecule is COC1CC(=O)C(C2OC(=O)C(C)C2C(O)CC(C)=O)=C1C. The first kappa shape index (κ1) is 16.8. The lowest BCUT2D eigenvalue weighted by atomic mass is 9.81. The first-order chi connectivity index (χ1) is 10.3. The Morgan fingerprint density at radius 2 is 2.09 bits per heavy atom. The van der Waals surface area contributed by atoms with Gasteiger partial charge in [-0.15, -0.1) is 0 Å². The number of aliphatic hydroxyl groups is 1. The van der Waals surface area contributed by atoms with Gasteiger partial charge in [-0.2, -0.15) is 0 Å². The average Bonchev–Trinajstić information content (AvgIpc) is 2.86. The molecule has 0 spiro atoms. The summed E-state index contributed by atoms with van der Waals surface area (Å²) in [6.07, 6.45) is -1.97. The number of hydrogen-bond acceptors (Lipinski definition) is 6. The van der Waals surface area contributed by atoms with Crippen LogP contribution in [0.1, 0.15) is 33.6 Å². The van der Waals surface area contributed by atoms with Gasteiger partial charge in [0.25, 0.3) is 0 Å². The molecule has 1 fully saturated rings. The van der Waals surface area contributed by atoms with Crippen LogP contribution in [0.15, 0.2) is 11.1 Å². The molecule has 0 radical (unpaired) electrons. The van der Waals surface area contributed by atoms with E-state index in [0.29, 0.717) is 5.57 Å². The number of carbonyl (C=O) groups is 3. The summed E-state index contributed by atoms with van der Waals surface area (Å²) in [5, 5.41) is 10.3. The third kappa shape index (κ3) is 2.85. The van der Waals surface area contributed by atoms with Gasteiger partial charge in [0.05, 0.1) is 18.1 Å². The van der Waals surface area contributed by atoms with Crippen molar-refractivity contribution in [3.8, 4) is 0 Å². The molecule has 1 N–H and O–H groups in total. The van der Waals surface area contributed by atoms with Crippen LogP contribution in [0.25, 0.3) is 0 Å². The predicted molar refractivity (Wildman–Crippen MR) is 77.0 cm³/mol. The number of hydrogen-bond donors (Lipinski definition) is 1. The van der Waals surface area contributed by atoms with Crippen LogP contribution in [0.2, 0.25) is 0 Å². The van der Waals surface area contributed by atoms with Gasteiger partial charge in [0.2, 0.25) is 0 Å². The molecule has 0 aromatic carbocycles. The van der Waals surface area contributed by atoms with Gasteiger partial charge in [-0.1, -0.05) is 6.92 Å². The molecule has 5 unspecified atom stereocenters. The fraction of sp³-hybridized carbons (Fsp3) is 0.688. The van der Waals surface area contributed by atoms with Gasteiger partial charge in [0.1, 0.15) is 11.9 Å². The molecule has 6 heteroatoms. The van der Waals surface area contributed by atoms with E-state index in [4.69, 9.17) is 9.47 Å². The number of methoxy groups -OCH3 is 1. The zero-order valence-electron chi connectivity index (χ0n) is 13.3. The van der Waals surface area contributed by atoms with Gasteiger partial charge in [-0.3, -0.25) is 14.4 Å². The average molecular weight is 310 g/mol. The van der Waals surface area contributed by atoms with Crippen LogP contribution in [0.4, 0.5) is 0 Å². The molecule has 1 aliphatic carbocycles. The lowest BCUT2D eigenvalue weighted by Gasteiger charge is -2.25. The Labute approximate surface area is 129 Å². The van der Waals surface area contributed by atoms with Gasteiger partial charge >= 0.3 is 5.97 Å². The van der Waals surface area contributed by atoms with E-state index in [1.165, 1.54) is 14.0 Å². The fourth-order valence-electron chi connectivity index (χ4n) is 3.42. The highest BCUT2D eigenvalue weighted by Gasteiger charge is 2.50. The summed E-state index contributed by atoms with van der Waals surface area (Å²) in [6.45, 7) is 4.81. The third-order valence-corrected chi connectivity index (χ3v) is 4.63. The molecule has 1 aliphatic heterocycles. The van der Waals surface area contributed by atoms with E-state index in [2.05, 4.69) is 0 Å². The second kappa shape index (κ2) is 6.30. The van der Waals surface area contributed by atoms with E-state index in [-0.39, 0.29) is 30.5 Å². The maximum Gasteiger partial charge on any atom is 0.309 e. The minimum atomic E-state index is -1.02. The molecule has 2 rings (SSSR count). The summed E-state index contributed by atoms with van der Waals surface area (Å²) in [5.41, 5.74) is 1.15. The number of carbonyl (C=O) groups excluding carboxylic acids is 3. The molecule has 1 heterocycles. The van der Waals surface area contributed by atoms with E-state index in [0.717, 1.165) is 5.57 Å². The summed E-state index contributed by atoms with van der Waals surface area (Å²) in [7, 11) is 1.52. The number of aliphatic hydroxyl groups excluding tert-OH is 1. The van der Waals surface area contributed by atoms with E-state index < -0.39 is 30.0 Å². The highest BCUT2D eigenvalue weighted by molar-refractivity contribution is 6.01. The molecule has 0 amide bonds.